The van der Waals surface area contributed by atoms with Gasteiger partial charge in [-0.05, 0) is 29.8 Å². The molecule has 0 aliphatic heterocycles. The topological polar surface area (TPSA) is 36.2 Å². The summed E-state index contributed by atoms with van der Waals surface area (Å²) in [6, 6.07) is 8.78. The van der Waals surface area contributed by atoms with Gasteiger partial charge < -0.3 is 4.74 Å². The van der Waals surface area contributed by atoms with E-state index >= 15 is 0 Å². The second-order valence-electron chi connectivity index (χ2n) is 5.15. The number of benzene rings is 2. The summed E-state index contributed by atoms with van der Waals surface area (Å²) >= 11 is 5.98. The van der Waals surface area contributed by atoms with E-state index in [-0.39, 0.29) is 5.02 Å². The van der Waals surface area contributed by atoms with Crippen LogP contribution in [0.4, 0.5) is 13.2 Å². The van der Waals surface area contributed by atoms with Crippen LogP contribution in [0.5, 0.6) is 5.75 Å². The minimum Gasteiger partial charge on any atom is -0.495 e. The molecular weight excluding hydrogens is 357 g/mol. The number of imidazole rings is 1. The predicted molar refractivity (Wildman–Crippen MR) is 88.2 cm³/mol. The van der Waals surface area contributed by atoms with Crippen molar-refractivity contribution < 1.29 is 17.9 Å². The lowest BCUT2D eigenvalue weighted by atomic mass is 10.0. The van der Waals surface area contributed by atoms with E-state index < -0.39 is 18.1 Å². The molecule has 0 saturated heterocycles. The van der Waals surface area contributed by atoms with Crippen LogP contribution in [0.2, 0.25) is 5.02 Å². The zero-order valence-electron chi connectivity index (χ0n) is 12.9. The highest BCUT2D eigenvalue weighted by Gasteiger charge is 2.14. The summed E-state index contributed by atoms with van der Waals surface area (Å²) in [5, 5.41) is 0.131. The molecule has 0 fully saturated rings. The van der Waals surface area contributed by atoms with E-state index in [1.54, 1.807) is 24.3 Å². The maximum absolute atomic E-state index is 13.6. The standard InChI is InChI=1S/C17H12ClF3N2O2/c1-25-15-13(8-11(19)9-14(15)18)10-2-4-12(5-3-10)22-6-7-23(16(20)21)17(22)24/h2-9,16H,1H3. The summed E-state index contributed by atoms with van der Waals surface area (Å²) in [5.41, 5.74) is 0.587. The molecule has 0 radical (unpaired) electrons. The van der Waals surface area contributed by atoms with Crippen molar-refractivity contribution in [1.29, 1.82) is 0 Å². The molecule has 8 heteroatoms. The van der Waals surface area contributed by atoms with E-state index in [4.69, 9.17) is 16.3 Å². The Balaban J connectivity index is 2.03. The summed E-state index contributed by atoms with van der Waals surface area (Å²) in [7, 11) is 1.42. The maximum atomic E-state index is 13.6. The first kappa shape index (κ1) is 17.2. The second-order valence-corrected chi connectivity index (χ2v) is 5.56. The fourth-order valence-electron chi connectivity index (χ4n) is 2.52. The fraction of sp³-hybridized carbons (Fsp3) is 0.118. The second kappa shape index (κ2) is 6.68. The van der Waals surface area contributed by atoms with Crippen LogP contribution >= 0.6 is 11.6 Å². The number of alkyl halides is 2. The minimum atomic E-state index is -2.91. The number of nitrogens with zero attached hydrogens (tertiary/aromatic N) is 2. The highest BCUT2D eigenvalue weighted by Crippen LogP contribution is 2.37. The van der Waals surface area contributed by atoms with Gasteiger partial charge in [-0.3, -0.25) is 4.57 Å². The SMILES string of the molecule is COc1c(Cl)cc(F)cc1-c1ccc(-n2ccn(C(F)F)c2=O)cc1. The summed E-state index contributed by atoms with van der Waals surface area (Å²) < 4.78 is 45.6. The molecule has 0 atom stereocenters. The molecule has 0 N–H and O–H groups in total. The smallest absolute Gasteiger partial charge is 0.337 e. The molecule has 0 aliphatic rings. The third-order valence-electron chi connectivity index (χ3n) is 3.68. The van der Waals surface area contributed by atoms with Crippen LogP contribution in [0.25, 0.3) is 16.8 Å². The monoisotopic (exact) mass is 368 g/mol. The van der Waals surface area contributed by atoms with Crippen molar-refractivity contribution in [3.63, 3.8) is 0 Å². The molecule has 0 bridgehead atoms. The highest BCUT2D eigenvalue weighted by atomic mass is 35.5. The molecule has 3 aromatic rings. The van der Waals surface area contributed by atoms with Crippen molar-refractivity contribution >= 4 is 11.6 Å². The van der Waals surface area contributed by atoms with Crippen molar-refractivity contribution in [2.45, 2.75) is 6.55 Å². The Morgan fingerprint density at radius 1 is 1.12 bits per heavy atom. The lowest BCUT2D eigenvalue weighted by Gasteiger charge is -2.11. The maximum Gasteiger partial charge on any atom is 0.337 e. The molecular formula is C17H12ClF3N2O2. The quantitative estimate of drug-likeness (QED) is 0.679. The lowest BCUT2D eigenvalue weighted by molar-refractivity contribution is 0.0663. The Hall–Kier alpha value is -2.67. The molecule has 130 valence electrons. The Labute approximate surface area is 145 Å². The largest absolute Gasteiger partial charge is 0.495 e. The van der Waals surface area contributed by atoms with Crippen LogP contribution in [0, 0.1) is 5.82 Å². The molecule has 4 nitrogen and oxygen atoms in total. The number of hydrogen-bond donors (Lipinski definition) is 0. The van der Waals surface area contributed by atoms with Crippen molar-refractivity contribution in [3.05, 3.63) is 70.1 Å². The van der Waals surface area contributed by atoms with E-state index in [2.05, 4.69) is 0 Å². The molecule has 0 aliphatic carbocycles. The number of ether oxygens (including phenoxy) is 1. The molecule has 0 unspecified atom stereocenters. The molecule has 1 aromatic heterocycles. The van der Waals surface area contributed by atoms with Gasteiger partial charge in [-0.2, -0.15) is 8.78 Å². The van der Waals surface area contributed by atoms with Crippen molar-refractivity contribution in [1.82, 2.24) is 9.13 Å². The Bertz CT molecular complexity index is 965. The van der Waals surface area contributed by atoms with Crippen LogP contribution in [0.15, 0.2) is 53.6 Å². The van der Waals surface area contributed by atoms with E-state index in [9.17, 15) is 18.0 Å². The zero-order valence-corrected chi connectivity index (χ0v) is 13.7. The van der Waals surface area contributed by atoms with Gasteiger partial charge in [0.25, 0.3) is 0 Å². The van der Waals surface area contributed by atoms with Gasteiger partial charge in [0.05, 0.1) is 17.8 Å². The van der Waals surface area contributed by atoms with Gasteiger partial charge in [0, 0.05) is 18.0 Å². The zero-order chi connectivity index (χ0) is 18.1. The van der Waals surface area contributed by atoms with Gasteiger partial charge in [0.2, 0.25) is 0 Å². The molecule has 2 aromatic carbocycles. The van der Waals surface area contributed by atoms with Crippen molar-refractivity contribution in [2.24, 2.45) is 0 Å². The molecule has 1 heterocycles. The number of aromatic nitrogens is 2. The van der Waals surface area contributed by atoms with Gasteiger partial charge in [-0.1, -0.05) is 23.7 Å². The third kappa shape index (κ3) is 3.15. The molecule has 0 saturated carbocycles. The number of halogens is 4. The van der Waals surface area contributed by atoms with Gasteiger partial charge in [0.1, 0.15) is 11.6 Å². The Kier molecular flexibility index (Phi) is 4.59. The van der Waals surface area contributed by atoms with Crippen molar-refractivity contribution in [3.8, 4) is 22.6 Å². The first-order chi connectivity index (χ1) is 11.9. The van der Waals surface area contributed by atoms with Crippen LogP contribution in [-0.2, 0) is 0 Å². The van der Waals surface area contributed by atoms with E-state index in [1.807, 2.05) is 0 Å². The normalized spacial score (nSPS) is 11.1. The van der Waals surface area contributed by atoms with Gasteiger partial charge in [0.15, 0.2) is 0 Å². The molecule has 25 heavy (non-hydrogen) atoms. The van der Waals surface area contributed by atoms with Crippen LogP contribution in [0.3, 0.4) is 0 Å². The van der Waals surface area contributed by atoms with Gasteiger partial charge in [-0.15, -0.1) is 0 Å². The number of rotatable bonds is 4. The fourth-order valence-corrected chi connectivity index (χ4v) is 2.80. The van der Waals surface area contributed by atoms with Gasteiger partial charge >= 0.3 is 12.2 Å². The summed E-state index contributed by atoms with van der Waals surface area (Å²) in [6.07, 6.45) is 2.26. The van der Waals surface area contributed by atoms with Gasteiger partial charge in [-0.25, -0.2) is 13.8 Å². The van der Waals surface area contributed by atoms with Crippen molar-refractivity contribution in [2.75, 3.05) is 7.11 Å². The highest BCUT2D eigenvalue weighted by molar-refractivity contribution is 6.32. The molecule has 3 rings (SSSR count). The van der Waals surface area contributed by atoms with Crippen LogP contribution in [-0.4, -0.2) is 16.2 Å². The number of hydrogen-bond acceptors (Lipinski definition) is 2. The average molecular weight is 369 g/mol. The van der Waals surface area contributed by atoms with Crippen LogP contribution < -0.4 is 10.4 Å². The number of methoxy groups -OCH3 is 1. The Morgan fingerprint density at radius 3 is 2.36 bits per heavy atom. The first-order valence-electron chi connectivity index (χ1n) is 7.14. The van der Waals surface area contributed by atoms with Crippen LogP contribution in [0.1, 0.15) is 6.55 Å². The summed E-state index contributed by atoms with van der Waals surface area (Å²) in [6.45, 7) is -2.91. The third-order valence-corrected chi connectivity index (χ3v) is 3.96. The summed E-state index contributed by atoms with van der Waals surface area (Å²) in [4.78, 5) is 11.9. The Morgan fingerprint density at radius 2 is 1.80 bits per heavy atom. The molecule has 0 amide bonds. The lowest BCUT2D eigenvalue weighted by Crippen LogP contribution is -2.23. The molecule has 0 spiro atoms. The van der Waals surface area contributed by atoms with E-state index in [0.29, 0.717) is 27.1 Å². The van der Waals surface area contributed by atoms with E-state index in [1.165, 1.54) is 19.4 Å². The first-order valence-corrected chi connectivity index (χ1v) is 7.51. The minimum absolute atomic E-state index is 0.131. The van der Waals surface area contributed by atoms with E-state index in [0.717, 1.165) is 16.8 Å². The predicted octanol–water partition coefficient (Wildman–Crippen LogP) is 4.50. The average Bonchev–Trinajstić information content (AvgIpc) is 2.96. The summed E-state index contributed by atoms with van der Waals surface area (Å²) in [5.74, 6) is -0.202.